The predicted octanol–water partition coefficient (Wildman–Crippen LogP) is -0.261. The van der Waals surface area contributed by atoms with Gasteiger partial charge >= 0.3 is 0 Å². The maximum Gasteiger partial charge on any atom is 0.214 e. The quantitative estimate of drug-likeness (QED) is 0.677. The maximum absolute atomic E-state index is 11.8. The van der Waals surface area contributed by atoms with Crippen LogP contribution >= 0.6 is 12.4 Å². The van der Waals surface area contributed by atoms with Crippen LogP contribution in [0.4, 0.5) is 0 Å². The van der Waals surface area contributed by atoms with Crippen LogP contribution in [0.2, 0.25) is 0 Å². The average Bonchev–Trinajstić information content (AvgIpc) is 2.63. The van der Waals surface area contributed by atoms with Gasteiger partial charge in [-0.15, -0.1) is 12.4 Å². The summed E-state index contributed by atoms with van der Waals surface area (Å²) in [6.45, 7) is 5.24. The highest BCUT2D eigenvalue weighted by Gasteiger charge is 2.30. The third kappa shape index (κ3) is 6.31. The first-order chi connectivity index (χ1) is 7.94. The molecule has 0 radical (unpaired) electrons. The van der Waals surface area contributed by atoms with Crippen LogP contribution in [-0.2, 0) is 19.5 Å². The van der Waals surface area contributed by atoms with Crippen molar-refractivity contribution in [1.82, 2.24) is 10.0 Å². The Morgan fingerprint density at radius 3 is 2.61 bits per heavy atom. The predicted molar refractivity (Wildman–Crippen MR) is 72.7 cm³/mol. The number of nitrogens with one attached hydrogen (secondary N) is 2. The van der Waals surface area contributed by atoms with Gasteiger partial charge in [-0.05, 0) is 13.8 Å². The molecular formula is C10H23ClN2O4S. The molecule has 1 aliphatic heterocycles. The Morgan fingerprint density at radius 2 is 2.06 bits per heavy atom. The lowest BCUT2D eigenvalue weighted by molar-refractivity contribution is 0.0903. The van der Waals surface area contributed by atoms with E-state index in [-0.39, 0.29) is 43.0 Å². The van der Waals surface area contributed by atoms with E-state index in [1.165, 1.54) is 0 Å². The zero-order chi connectivity index (χ0) is 12.9. The fourth-order valence-electron chi connectivity index (χ4n) is 1.70. The highest BCUT2D eigenvalue weighted by Crippen LogP contribution is 2.05. The standard InChI is InChI=1S/C10H22N2O4S.ClH/c1-8(2)16-4-5-17(13,14)12-9-6-11-7-10(9)15-3;/h8-12H,4-7H2,1-3H3;1H/t9?,10-;/m0./s1. The maximum atomic E-state index is 11.8. The summed E-state index contributed by atoms with van der Waals surface area (Å²) in [4.78, 5) is 0. The fourth-order valence-corrected chi connectivity index (χ4v) is 2.83. The lowest BCUT2D eigenvalue weighted by Crippen LogP contribution is -2.44. The summed E-state index contributed by atoms with van der Waals surface area (Å²) < 4.78 is 36.6. The molecule has 1 saturated heterocycles. The van der Waals surface area contributed by atoms with Crippen molar-refractivity contribution < 1.29 is 17.9 Å². The zero-order valence-electron chi connectivity index (χ0n) is 11.0. The Morgan fingerprint density at radius 1 is 1.39 bits per heavy atom. The van der Waals surface area contributed by atoms with Gasteiger partial charge < -0.3 is 14.8 Å². The smallest absolute Gasteiger partial charge is 0.214 e. The molecule has 2 N–H and O–H groups in total. The molecule has 18 heavy (non-hydrogen) atoms. The van der Waals surface area contributed by atoms with Crippen molar-refractivity contribution in [2.45, 2.75) is 32.1 Å². The Balaban J connectivity index is 0.00000289. The van der Waals surface area contributed by atoms with Gasteiger partial charge in [0.1, 0.15) is 0 Å². The molecular weight excluding hydrogens is 280 g/mol. The summed E-state index contributed by atoms with van der Waals surface area (Å²) in [5, 5.41) is 3.09. The molecule has 0 spiro atoms. The van der Waals surface area contributed by atoms with Gasteiger partial charge in [0.15, 0.2) is 0 Å². The lowest BCUT2D eigenvalue weighted by atomic mass is 10.2. The number of halogens is 1. The number of hydrogen-bond acceptors (Lipinski definition) is 5. The Labute approximate surface area is 115 Å². The molecule has 1 aliphatic rings. The molecule has 0 aromatic heterocycles. The topological polar surface area (TPSA) is 76.7 Å². The van der Waals surface area contributed by atoms with Gasteiger partial charge in [0.05, 0.1) is 30.6 Å². The largest absolute Gasteiger partial charge is 0.378 e. The van der Waals surface area contributed by atoms with Crippen LogP contribution in [-0.4, -0.2) is 59.2 Å². The minimum atomic E-state index is -3.30. The van der Waals surface area contributed by atoms with Gasteiger partial charge in [-0.3, -0.25) is 0 Å². The minimum absolute atomic E-state index is 0. The van der Waals surface area contributed by atoms with Crippen LogP contribution in [0.15, 0.2) is 0 Å². The van der Waals surface area contributed by atoms with Crippen molar-refractivity contribution in [1.29, 1.82) is 0 Å². The molecule has 0 saturated carbocycles. The van der Waals surface area contributed by atoms with Crippen molar-refractivity contribution in [3.05, 3.63) is 0 Å². The first-order valence-corrected chi connectivity index (χ1v) is 7.45. The van der Waals surface area contributed by atoms with E-state index in [4.69, 9.17) is 9.47 Å². The SMILES string of the molecule is CO[C@H]1CNCC1NS(=O)(=O)CCOC(C)C.Cl. The molecule has 1 heterocycles. The second-order valence-corrected chi connectivity index (χ2v) is 6.27. The van der Waals surface area contributed by atoms with Crippen molar-refractivity contribution in [2.24, 2.45) is 0 Å². The van der Waals surface area contributed by atoms with E-state index in [2.05, 4.69) is 10.0 Å². The van der Waals surface area contributed by atoms with E-state index in [0.717, 1.165) is 0 Å². The second kappa shape index (κ2) is 8.29. The Bertz CT molecular complexity index is 324. The first kappa shape index (κ1) is 18.1. The van der Waals surface area contributed by atoms with Crippen molar-refractivity contribution in [3.63, 3.8) is 0 Å². The number of ether oxygens (including phenoxy) is 2. The summed E-state index contributed by atoms with van der Waals surface area (Å²) >= 11 is 0. The highest BCUT2D eigenvalue weighted by atomic mass is 35.5. The lowest BCUT2D eigenvalue weighted by Gasteiger charge is -2.18. The zero-order valence-corrected chi connectivity index (χ0v) is 12.6. The van der Waals surface area contributed by atoms with Gasteiger partial charge in [0.25, 0.3) is 0 Å². The van der Waals surface area contributed by atoms with Crippen LogP contribution < -0.4 is 10.0 Å². The third-order valence-electron chi connectivity index (χ3n) is 2.60. The summed E-state index contributed by atoms with van der Waals surface area (Å²) in [7, 11) is -1.71. The molecule has 1 fully saturated rings. The van der Waals surface area contributed by atoms with E-state index in [1.807, 2.05) is 13.8 Å². The number of sulfonamides is 1. The first-order valence-electron chi connectivity index (χ1n) is 5.79. The summed E-state index contributed by atoms with van der Waals surface area (Å²) in [5.74, 6) is -0.0158. The van der Waals surface area contributed by atoms with Gasteiger partial charge in [0.2, 0.25) is 10.0 Å². The van der Waals surface area contributed by atoms with Gasteiger partial charge in [-0.25, -0.2) is 13.1 Å². The molecule has 0 amide bonds. The summed E-state index contributed by atoms with van der Waals surface area (Å²) in [5.41, 5.74) is 0. The monoisotopic (exact) mass is 302 g/mol. The molecule has 0 aromatic rings. The normalized spacial score (nSPS) is 24.2. The molecule has 8 heteroatoms. The summed E-state index contributed by atoms with van der Waals surface area (Å²) in [6, 6.07) is -0.191. The van der Waals surface area contributed by atoms with Gasteiger partial charge in [-0.1, -0.05) is 0 Å². The van der Waals surface area contributed by atoms with Crippen LogP contribution in [0.1, 0.15) is 13.8 Å². The minimum Gasteiger partial charge on any atom is -0.378 e. The second-order valence-electron chi connectivity index (χ2n) is 4.40. The van der Waals surface area contributed by atoms with E-state index < -0.39 is 10.0 Å². The number of methoxy groups -OCH3 is 1. The molecule has 1 unspecified atom stereocenters. The van der Waals surface area contributed by atoms with Gasteiger partial charge in [-0.2, -0.15) is 0 Å². The van der Waals surface area contributed by atoms with Gasteiger partial charge in [0, 0.05) is 20.2 Å². The van der Waals surface area contributed by atoms with Crippen molar-refractivity contribution in [2.75, 3.05) is 32.6 Å². The Hall–Kier alpha value is 0.0800. The molecule has 0 aromatic carbocycles. The fraction of sp³-hybridized carbons (Fsp3) is 1.00. The molecule has 1 rings (SSSR count). The van der Waals surface area contributed by atoms with E-state index in [1.54, 1.807) is 7.11 Å². The number of hydrogen-bond donors (Lipinski definition) is 2. The summed E-state index contributed by atoms with van der Waals surface area (Å²) in [6.07, 6.45) is -0.0548. The van der Waals surface area contributed by atoms with E-state index in [9.17, 15) is 8.42 Å². The van der Waals surface area contributed by atoms with Crippen molar-refractivity contribution in [3.8, 4) is 0 Å². The molecule has 110 valence electrons. The van der Waals surface area contributed by atoms with Crippen LogP contribution in [0.5, 0.6) is 0 Å². The highest BCUT2D eigenvalue weighted by molar-refractivity contribution is 7.89. The number of rotatable bonds is 7. The molecule has 2 atom stereocenters. The third-order valence-corrected chi connectivity index (χ3v) is 3.96. The van der Waals surface area contributed by atoms with Crippen molar-refractivity contribution >= 4 is 22.4 Å². The average molecular weight is 303 g/mol. The van der Waals surface area contributed by atoms with E-state index in [0.29, 0.717) is 13.1 Å². The van der Waals surface area contributed by atoms with Crippen LogP contribution in [0, 0.1) is 0 Å². The van der Waals surface area contributed by atoms with Crippen LogP contribution in [0.3, 0.4) is 0 Å². The molecule has 0 bridgehead atoms. The van der Waals surface area contributed by atoms with E-state index >= 15 is 0 Å². The molecule has 6 nitrogen and oxygen atoms in total. The van der Waals surface area contributed by atoms with Crippen LogP contribution in [0.25, 0.3) is 0 Å². The molecule has 0 aliphatic carbocycles. The Kier molecular flexibility index (Phi) is 8.33.